The molecule has 0 aliphatic rings. The van der Waals surface area contributed by atoms with Gasteiger partial charge in [0.2, 0.25) is 14.2 Å². The van der Waals surface area contributed by atoms with Gasteiger partial charge in [0.15, 0.2) is 5.25 Å². The van der Waals surface area contributed by atoms with Crippen molar-refractivity contribution in [1.82, 2.24) is 4.98 Å². The van der Waals surface area contributed by atoms with E-state index in [1.54, 1.807) is 24.3 Å². The van der Waals surface area contributed by atoms with Gasteiger partial charge >= 0.3 is 5.97 Å². The molecule has 0 saturated carbocycles. The lowest BCUT2D eigenvalue weighted by Crippen LogP contribution is -2.29. The Morgan fingerprint density at radius 3 is 2.67 bits per heavy atom. The van der Waals surface area contributed by atoms with Gasteiger partial charge in [-0.1, -0.05) is 19.1 Å². The first kappa shape index (κ1) is 13.0. The zero-order chi connectivity index (χ0) is 13.3. The summed E-state index contributed by atoms with van der Waals surface area (Å²) in [5, 5.41) is 7.51. The van der Waals surface area contributed by atoms with E-state index >= 15 is 0 Å². The molecule has 1 aromatic heterocycles. The zero-order valence-corrected chi connectivity index (χ0v) is 11.2. The molecular formula is C11H11NO4S2. The van der Waals surface area contributed by atoms with Crippen LogP contribution >= 0.6 is 11.3 Å². The highest BCUT2D eigenvalue weighted by Crippen LogP contribution is 2.28. The summed E-state index contributed by atoms with van der Waals surface area (Å²) in [6.07, 6.45) is 0.0214. The number of carboxylic acids is 1. The van der Waals surface area contributed by atoms with Crippen LogP contribution in [0.5, 0.6) is 0 Å². The van der Waals surface area contributed by atoms with Crippen molar-refractivity contribution in [2.24, 2.45) is 0 Å². The fraction of sp³-hybridized carbons (Fsp3) is 0.273. The van der Waals surface area contributed by atoms with Crippen LogP contribution in [-0.2, 0) is 14.6 Å². The van der Waals surface area contributed by atoms with Gasteiger partial charge in [0, 0.05) is 0 Å². The maximum Gasteiger partial charge on any atom is 0.322 e. The molecule has 1 aromatic carbocycles. The number of benzene rings is 1. The van der Waals surface area contributed by atoms with Gasteiger partial charge in [0.1, 0.15) is 0 Å². The summed E-state index contributed by atoms with van der Waals surface area (Å²) in [5.41, 5.74) is 0.571. The first-order chi connectivity index (χ1) is 8.46. The number of carbonyl (C=O) groups is 1. The van der Waals surface area contributed by atoms with Crippen LogP contribution in [-0.4, -0.2) is 29.7 Å². The third kappa shape index (κ3) is 2.11. The molecule has 1 N–H and O–H groups in total. The van der Waals surface area contributed by atoms with Crippen LogP contribution in [0, 0.1) is 0 Å². The van der Waals surface area contributed by atoms with Gasteiger partial charge in [-0.2, -0.15) is 0 Å². The van der Waals surface area contributed by atoms with E-state index < -0.39 is 21.1 Å². The number of sulfone groups is 1. The van der Waals surface area contributed by atoms with E-state index in [4.69, 9.17) is 5.11 Å². The number of para-hydroxylation sites is 1. The van der Waals surface area contributed by atoms with Gasteiger partial charge in [-0.15, -0.1) is 11.3 Å². The van der Waals surface area contributed by atoms with Gasteiger partial charge in [0.25, 0.3) is 0 Å². The lowest BCUT2D eigenvalue weighted by Gasteiger charge is -2.07. The summed E-state index contributed by atoms with van der Waals surface area (Å²) >= 11 is 1.00. The van der Waals surface area contributed by atoms with Crippen molar-refractivity contribution < 1.29 is 18.3 Å². The Balaban J connectivity index is 2.56. The van der Waals surface area contributed by atoms with Crippen molar-refractivity contribution >= 4 is 37.4 Å². The Morgan fingerprint density at radius 2 is 2.11 bits per heavy atom. The average Bonchev–Trinajstić information content (AvgIpc) is 2.73. The molecule has 1 atom stereocenters. The van der Waals surface area contributed by atoms with E-state index in [0.29, 0.717) is 5.52 Å². The number of hydrogen-bond donors (Lipinski definition) is 1. The normalized spacial score (nSPS) is 13.6. The number of carboxylic acid groups (broad SMARTS) is 1. The van der Waals surface area contributed by atoms with Crippen molar-refractivity contribution in [3.8, 4) is 0 Å². The third-order valence-corrected chi connectivity index (χ3v) is 6.18. The summed E-state index contributed by atoms with van der Waals surface area (Å²) in [4.78, 5) is 15.0. The van der Waals surface area contributed by atoms with Crippen molar-refractivity contribution in [3.05, 3.63) is 24.3 Å². The maximum atomic E-state index is 12.1. The van der Waals surface area contributed by atoms with Gasteiger partial charge in [-0.3, -0.25) is 4.79 Å². The first-order valence-electron chi connectivity index (χ1n) is 5.29. The molecule has 0 aliphatic carbocycles. The van der Waals surface area contributed by atoms with Crippen molar-refractivity contribution in [1.29, 1.82) is 0 Å². The minimum absolute atomic E-state index is 0.0214. The minimum atomic E-state index is -3.90. The highest BCUT2D eigenvalue weighted by molar-refractivity contribution is 7.94. The molecule has 18 heavy (non-hydrogen) atoms. The van der Waals surface area contributed by atoms with Crippen LogP contribution in [0.15, 0.2) is 28.6 Å². The Bertz CT molecular complexity index is 657. The fourth-order valence-electron chi connectivity index (χ4n) is 1.62. The second-order valence-electron chi connectivity index (χ2n) is 3.73. The lowest BCUT2D eigenvalue weighted by atomic mass is 10.3. The Hall–Kier alpha value is -1.47. The average molecular weight is 285 g/mol. The smallest absolute Gasteiger partial charge is 0.322 e. The number of fused-ring (bicyclic) bond motifs is 1. The second-order valence-corrected chi connectivity index (χ2v) is 7.06. The number of rotatable bonds is 4. The van der Waals surface area contributed by atoms with Crippen molar-refractivity contribution in [3.63, 3.8) is 0 Å². The van der Waals surface area contributed by atoms with Gasteiger partial charge < -0.3 is 5.11 Å². The molecule has 5 nitrogen and oxygen atoms in total. The predicted molar refractivity (Wildman–Crippen MR) is 68.5 cm³/mol. The van der Waals surface area contributed by atoms with Crippen LogP contribution in [0.25, 0.3) is 10.2 Å². The van der Waals surface area contributed by atoms with Crippen LogP contribution in [0.2, 0.25) is 0 Å². The molecule has 0 aliphatic heterocycles. The summed E-state index contributed by atoms with van der Waals surface area (Å²) in [6.45, 7) is 1.53. The molecule has 96 valence electrons. The molecule has 0 bridgehead atoms. The maximum absolute atomic E-state index is 12.1. The lowest BCUT2D eigenvalue weighted by molar-refractivity contribution is -0.136. The zero-order valence-electron chi connectivity index (χ0n) is 9.53. The van der Waals surface area contributed by atoms with Gasteiger partial charge in [0.05, 0.1) is 10.2 Å². The topological polar surface area (TPSA) is 84.3 Å². The number of hydrogen-bond acceptors (Lipinski definition) is 5. The minimum Gasteiger partial charge on any atom is -0.480 e. The number of aromatic nitrogens is 1. The molecule has 2 rings (SSSR count). The number of aliphatic carboxylic acids is 1. The SMILES string of the molecule is CCC(C(=O)O)S(=O)(=O)c1nc2ccccc2s1. The summed E-state index contributed by atoms with van der Waals surface area (Å²) in [6, 6.07) is 7.00. The van der Waals surface area contributed by atoms with E-state index in [2.05, 4.69) is 4.98 Å². The highest BCUT2D eigenvalue weighted by Gasteiger charge is 2.34. The van der Waals surface area contributed by atoms with Crippen LogP contribution in [0.3, 0.4) is 0 Å². The summed E-state index contributed by atoms with van der Waals surface area (Å²) < 4.78 is 24.9. The van der Waals surface area contributed by atoms with Crippen molar-refractivity contribution in [2.45, 2.75) is 22.9 Å². The molecule has 0 fully saturated rings. The molecule has 0 radical (unpaired) electrons. The fourth-order valence-corrected chi connectivity index (χ4v) is 4.57. The quantitative estimate of drug-likeness (QED) is 0.928. The Labute approximate surface area is 108 Å². The van der Waals surface area contributed by atoms with Gasteiger partial charge in [-0.05, 0) is 18.6 Å². The van der Waals surface area contributed by atoms with E-state index in [9.17, 15) is 13.2 Å². The molecule has 0 amide bonds. The molecular weight excluding hydrogens is 274 g/mol. The van der Waals surface area contributed by atoms with E-state index in [-0.39, 0.29) is 10.8 Å². The Kier molecular flexibility index (Phi) is 3.36. The second kappa shape index (κ2) is 4.66. The molecule has 2 aromatic rings. The molecule has 0 spiro atoms. The number of nitrogens with zero attached hydrogens (tertiary/aromatic N) is 1. The largest absolute Gasteiger partial charge is 0.480 e. The summed E-state index contributed by atoms with van der Waals surface area (Å²) in [5.74, 6) is -1.34. The summed E-state index contributed by atoms with van der Waals surface area (Å²) in [7, 11) is -3.90. The van der Waals surface area contributed by atoms with E-state index in [0.717, 1.165) is 16.0 Å². The molecule has 0 saturated heterocycles. The van der Waals surface area contributed by atoms with Crippen LogP contribution < -0.4 is 0 Å². The van der Waals surface area contributed by atoms with Crippen molar-refractivity contribution in [2.75, 3.05) is 0 Å². The third-order valence-electron chi connectivity index (χ3n) is 2.54. The van der Waals surface area contributed by atoms with E-state index in [1.807, 2.05) is 0 Å². The van der Waals surface area contributed by atoms with Gasteiger partial charge in [-0.25, -0.2) is 13.4 Å². The molecule has 1 unspecified atom stereocenters. The predicted octanol–water partition coefficient (Wildman–Crippen LogP) is 1.93. The first-order valence-corrected chi connectivity index (χ1v) is 7.65. The molecule has 1 heterocycles. The Morgan fingerprint density at radius 1 is 1.44 bits per heavy atom. The van der Waals surface area contributed by atoms with E-state index in [1.165, 1.54) is 6.92 Å². The highest BCUT2D eigenvalue weighted by atomic mass is 32.2. The van der Waals surface area contributed by atoms with Crippen LogP contribution in [0.1, 0.15) is 13.3 Å². The monoisotopic (exact) mass is 285 g/mol. The molecule has 7 heteroatoms. The number of thiazole rings is 1. The standard InChI is InChI=1S/C11H11NO4S2/c1-2-9(10(13)14)18(15,16)11-12-7-5-3-4-6-8(7)17-11/h3-6,9H,2H2,1H3,(H,13,14). The van der Waals surface area contributed by atoms with Crippen LogP contribution in [0.4, 0.5) is 0 Å².